The maximum Gasteiger partial charge on any atom is 0.246 e. The lowest BCUT2D eigenvalue weighted by Gasteiger charge is -2.24. The summed E-state index contributed by atoms with van der Waals surface area (Å²) in [6.45, 7) is 6.75. The van der Waals surface area contributed by atoms with Crippen LogP contribution in [0.25, 0.3) is 0 Å². The van der Waals surface area contributed by atoms with Crippen LogP contribution in [-0.2, 0) is 4.79 Å². The number of hydrogen-bond acceptors (Lipinski definition) is 3. The molecule has 4 nitrogen and oxygen atoms in total. The Balaban J connectivity index is 2.23. The third-order valence-electron chi connectivity index (χ3n) is 4.23. The van der Waals surface area contributed by atoms with E-state index in [2.05, 4.69) is 24.5 Å². The van der Waals surface area contributed by atoms with Gasteiger partial charge in [-0.15, -0.1) is 0 Å². The van der Waals surface area contributed by atoms with Crippen molar-refractivity contribution in [1.29, 1.82) is 0 Å². The molecule has 0 saturated heterocycles. The van der Waals surface area contributed by atoms with Gasteiger partial charge in [0.2, 0.25) is 5.91 Å². The number of nitrogens with one attached hydrogen (secondary N) is 2. The fraction of sp³-hybridized carbons (Fsp3) is 0.381. The molecule has 2 aromatic carbocycles. The molecular formula is C21H28N2O2. The van der Waals surface area contributed by atoms with Crippen molar-refractivity contribution >= 4 is 11.6 Å². The lowest BCUT2D eigenvalue weighted by Crippen LogP contribution is -2.39. The Kier molecular flexibility index (Phi) is 7.48. The van der Waals surface area contributed by atoms with Crippen LogP contribution in [0.1, 0.15) is 45.2 Å². The van der Waals surface area contributed by atoms with E-state index in [1.807, 2.05) is 61.5 Å². The van der Waals surface area contributed by atoms with Crippen LogP contribution < -0.4 is 15.4 Å². The van der Waals surface area contributed by atoms with E-state index >= 15 is 0 Å². The Morgan fingerprint density at radius 3 is 2.24 bits per heavy atom. The van der Waals surface area contributed by atoms with E-state index < -0.39 is 6.04 Å². The Morgan fingerprint density at radius 2 is 1.60 bits per heavy atom. The van der Waals surface area contributed by atoms with Crippen LogP contribution in [0, 0.1) is 0 Å². The van der Waals surface area contributed by atoms with E-state index in [1.165, 1.54) is 0 Å². The Morgan fingerprint density at radius 1 is 0.960 bits per heavy atom. The monoisotopic (exact) mass is 340 g/mol. The summed E-state index contributed by atoms with van der Waals surface area (Å²) in [5, 5.41) is 6.51. The molecule has 0 spiro atoms. The van der Waals surface area contributed by atoms with Crippen LogP contribution in [0.3, 0.4) is 0 Å². The zero-order valence-electron chi connectivity index (χ0n) is 15.3. The first-order valence-electron chi connectivity index (χ1n) is 9.03. The summed E-state index contributed by atoms with van der Waals surface area (Å²) in [7, 11) is 0. The number of para-hydroxylation sites is 2. The first kappa shape index (κ1) is 19.0. The normalized spacial score (nSPS) is 12.0. The molecule has 1 amide bonds. The molecule has 0 aliphatic rings. The molecule has 1 atom stereocenters. The highest BCUT2D eigenvalue weighted by atomic mass is 16.5. The quantitative estimate of drug-likeness (QED) is 0.704. The molecule has 4 heteroatoms. The lowest BCUT2D eigenvalue weighted by atomic mass is 10.0. The van der Waals surface area contributed by atoms with Gasteiger partial charge in [-0.3, -0.25) is 10.1 Å². The summed E-state index contributed by atoms with van der Waals surface area (Å²) >= 11 is 0. The molecule has 0 fully saturated rings. The Hall–Kier alpha value is -2.33. The summed E-state index contributed by atoms with van der Waals surface area (Å²) in [5.74, 6) is 0.609. The number of benzene rings is 2. The summed E-state index contributed by atoms with van der Waals surface area (Å²) in [5.41, 5.74) is 1.66. The number of carbonyl (C=O) groups is 1. The van der Waals surface area contributed by atoms with E-state index in [9.17, 15) is 4.79 Å². The van der Waals surface area contributed by atoms with Gasteiger partial charge in [0.1, 0.15) is 11.8 Å². The van der Waals surface area contributed by atoms with Crippen LogP contribution in [-0.4, -0.2) is 18.6 Å². The van der Waals surface area contributed by atoms with Gasteiger partial charge in [-0.2, -0.15) is 0 Å². The number of amides is 1. The van der Waals surface area contributed by atoms with Crippen LogP contribution in [0.5, 0.6) is 5.75 Å². The van der Waals surface area contributed by atoms with E-state index in [-0.39, 0.29) is 11.9 Å². The van der Waals surface area contributed by atoms with Crippen molar-refractivity contribution in [2.75, 3.05) is 11.9 Å². The maximum atomic E-state index is 13.0. The molecule has 0 saturated carbocycles. The second-order valence-corrected chi connectivity index (χ2v) is 5.94. The lowest BCUT2D eigenvalue weighted by molar-refractivity contribution is -0.118. The average molecular weight is 340 g/mol. The minimum atomic E-state index is -0.402. The molecule has 0 radical (unpaired) electrons. The second-order valence-electron chi connectivity index (χ2n) is 5.94. The number of ether oxygens (including phenoxy) is 1. The highest BCUT2D eigenvalue weighted by Gasteiger charge is 2.23. The summed E-state index contributed by atoms with van der Waals surface area (Å²) in [4.78, 5) is 13.0. The first-order valence-corrected chi connectivity index (χ1v) is 9.03. The molecular weight excluding hydrogens is 312 g/mol. The number of carbonyl (C=O) groups excluding carboxylic acids is 1. The molecule has 25 heavy (non-hydrogen) atoms. The van der Waals surface area contributed by atoms with Crippen LogP contribution in [0.4, 0.5) is 5.69 Å². The van der Waals surface area contributed by atoms with E-state index in [0.717, 1.165) is 18.4 Å². The molecule has 0 aliphatic heterocycles. The van der Waals surface area contributed by atoms with E-state index in [0.29, 0.717) is 18.0 Å². The van der Waals surface area contributed by atoms with Crippen LogP contribution in [0.2, 0.25) is 0 Å². The molecule has 134 valence electrons. The van der Waals surface area contributed by atoms with Crippen LogP contribution in [0.15, 0.2) is 54.6 Å². The topological polar surface area (TPSA) is 50.4 Å². The minimum Gasteiger partial charge on any atom is -0.492 e. The van der Waals surface area contributed by atoms with Crippen molar-refractivity contribution in [2.24, 2.45) is 0 Å². The maximum absolute atomic E-state index is 13.0. The van der Waals surface area contributed by atoms with Crippen molar-refractivity contribution in [1.82, 2.24) is 5.32 Å². The predicted molar refractivity (Wildman–Crippen MR) is 103 cm³/mol. The van der Waals surface area contributed by atoms with Gasteiger partial charge in [-0.1, -0.05) is 56.3 Å². The van der Waals surface area contributed by atoms with Gasteiger partial charge in [-0.05, 0) is 37.5 Å². The Bertz CT molecular complexity index is 654. The van der Waals surface area contributed by atoms with E-state index in [4.69, 9.17) is 4.74 Å². The largest absolute Gasteiger partial charge is 0.492 e. The fourth-order valence-electron chi connectivity index (χ4n) is 2.79. The van der Waals surface area contributed by atoms with Gasteiger partial charge in [0.15, 0.2) is 0 Å². The van der Waals surface area contributed by atoms with Crippen molar-refractivity contribution in [2.45, 2.75) is 45.7 Å². The zero-order chi connectivity index (χ0) is 18.1. The highest BCUT2D eigenvalue weighted by Crippen LogP contribution is 2.25. The zero-order valence-corrected chi connectivity index (χ0v) is 15.3. The van der Waals surface area contributed by atoms with Crippen molar-refractivity contribution < 1.29 is 9.53 Å². The number of anilines is 1. The van der Waals surface area contributed by atoms with Gasteiger partial charge >= 0.3 is 0 Å². The minimum absolute atomic E-state index is 0.0785. The van der Waals surface area contributed by atoms with Gasteiger partial charge in [-0.25, -0.2) is 0 Å². The molecule has 0 unspecified atom stereocenters. The van der Waals surface area contributed by atoms with Gasteiger partial charge in [0.25, 0.3) is 0 Å². The summed E-state index contributed by atoms with van der Waals surface area (Å²) in [6.07, 6.45) is 1.95. The van der Waals surface area contributed by atoms with Crippen molar-refractivity contribution in [3.05, 3.63) is 60.2 Å². The molecule has 2 rings (SSSR count). The number of hydrogen-bond donors (Lipinski definition) is 2. The van der Waals surface area contributed by atoms with Gasteiger partial charge in [0, 0.05) is 6.04 Å². The molecule has 0 heterocycles. The second kappa shape index (κ2) is 9.84. The highest BCUT2D eigenvalue weighted by molar-refractivity contribution is 5.96. The molecule has 2 aromatic rings. The molecule has 0 aromatic heterocycles. The van der Waals surface area contributed by atoms with Crippen molar-refractivity contribution in [3.63, 3.8) is 0 Å². The smallest absolute Gasteiger partial charge is 0.246 e. The average Bonchev–Trinajstić information content (AvgIpc) is 2.65. The fourth-order valence-corrected chi connectivity index (χ4v) is 2.79. The molecule has 0 aliphatic carbocycles. The SMILES string of the molecule is CCOc1ccccc1NC(=O)[C@H](NC(CC)CC)c1ccccc1. The molecule has 2 N–H and O–H groups in total. The third-order valence-corrected chi connectivity index (χ3v) is 4.23. The van der Waals surface area contributed by atoms with Crippen molar-refractivity contribution in [3.8, 4) is 5.75 Å². The van der Waals surface area contributed by atoms with Gasteiger partial charge in [0.05, 0.1) is 12.3 Å². The first-order chi connectivity index (χ1) is 12.2. The summed E-state index contributed by atoms with van der Waals surface area (Å²) < 4.78 is 5.61. The summed E-state index contributed by atoms with van der Waals surface area (Å²) in [6, 6.07) is 17.2. The Labute approximate surface area is 150 Å². The van der Waals surface area contributed by atoms with Gasteiger partial charge < -0.3 is 10.1 Å². The molecule has 0 bridgehead atoms. The van der Waals surface area contributed by atoms with E-state index in [1.54, 1.807) is 0 Å². The van der Waals surface area contributed by atoms with Crippen LogP contribution >= 0.6 is 0 Å². The number of rotatable bonds is 9. The predicted octanol–water partition coefficient (Wildman–Crippen LogP) is 4.54. The standard InChI is InChI=1S/C21H28N2O2/c1-4-17(5-2)22-20(16-12-8-7-9-13-16)21(24)23-18-14-10-11-15-19(18)25-6-3/h7-15,17,20,22H,4-6H2,1-3H3,(H,23,24)/t20-/m1/s1. The third kappa shape index (κ3) is 5.33.